The second kappa shape index (κ2) is 8.11. The predicted octanol–water partition coefficient (Wildman–Crippen LogP) is 3.02. The molecule has 0 radical (unpaired) electrons. The van der Waals surface area contributed by atoms with Crippen LogP contribution in [0.2, 0.25) is 0 Å². The van der Waals surface area contributed by atoms with Crippen LogP contribution < -0.4 is 10.1 Å². The normalized spacial score (nSPS) is 12.7. The van der Waals surface area contributed by atoms with Gasteiger partial charge >= 0.3 is 0 Å². The highest BCUT2D eigenvalue weighted by molar-refractivity contribution is 5.30. The average molecular weight is 251 g/mol. The van der Waals surface area contributed by atoms with Crippen molar-refractivity contribution in [3.05, 3.63) is 29.8 Å². The number of benzene rings is 1. The van der Waals surface area contributed by atoms with Crippen LogP contribution in [0.15, 0.2) is 24.3 Å². The molecular weight excluding hydrogens is 226 g/mol. The Hall–Kier alpha value is -1.06. The van der Waals surface area contributed by atoms with Crippen LogP contribution in [-0.4, -0.2) is 26.9 Å². The van der Waals surface area contributed by atoms with Crippen molar-refractivity contribution in [1.82, 2.24) is 5.32 Å². The molecule has 0 spiro atoms. The minimum atomic E-state index is 0.308. The molecule has 1 aromatic rings. The van der Waals surface area contributed by atoms with Gasteiger partial charge < -0.3 is 14.8 Å². The average Bonchev–Trinajstić information content (AvgIpc) is 2.37. The maximum Gasteiger partial charge on any atom is 0.119 e. The third-order valence-electron chi connectivity index (χ3n) is 2.74. The van der Waals surface area contributed by atoms with Crippen LogP contribution >= 0.6 is 0 Å². The zero-order valence-electron chi connectivity index (χ0n) is 11.9. The fourth-order valence-electron chi connectivity index (χ4n) is 1.70. The quantitative estimate of drug-likeness (QED) is 0.720. The SMILES string of the molecule is COc1cccc([C@@H](C)NCCOCC(C)C)c1. The standard InChI is InChI=1S/C15H25NO2/c1-12(2)11-18-9-8-16-13(3)14-6-5-7-15(10-14)17-4/h5-7,10,12-13,16H,8-9,11H2,1-4H3/t13-/m1/s1. The van der Waals surface area contributed by atoms with E-state index in [2.05, 4.69) is 38.2 Å². The highest BCUT2D eigenvalue weighted by Crippen LogP contribution is 2.18. The molecule has 0 aliphatic rings. The minimum absolute atomic E-state index is 0.308. The third-order valence-corrected chi connectivity index (χ3v) is 2.74. The van der Waals surface area contributed by atoms with Crippen LogP contribution in [0.1, 0.15) is 32.4 Å². The molecule has 0 aliphatic heterocycles. The topological polar surface area (TPSA) is 30.5 Å². The number of nitrogens with one attached hydrogen (secondary N) is 1. The molecule has 0 unspecified atom stereocenters. The molecule has 0 saturated carbocycles. The van der Waals surface area contributed by atoms with E-state index in [4.69, 9.17) is 9.47 Å². The van der Waals surface area contributed by atoms with Crippen molar-refractivity contribution in [3.63, 3.8) is 0 Å². The Morgan fingerprint density at radius 1 is 1.22 bits per heavy atom. The van der Waals surface area contributed by atoms with Crippen molar-refractivity contribution < 1.29 is 9.47 Å². The predicted molar refractivity (Wildman–Crippen MR) is 75.1 cm³/mol. The van der Waals surface area contributed by atoms with Crippen LogP contribution in [0.25, 0.3) is 0 Å². The number of methoxy groups -OCH3 is 1. The molecule has 1 rings (SSSR count). The van der Waals surface area contributed by atoms with Gasteiger partial charge in [0.25, 0.3) is 0 Å². The lowest BCUT2D eigenvalue weighted by molar-refractivity contribution is 0.110. The van der Waals surface area contributed by atoms with E-state index in [-0.39, 0.29) is 0 Å². The van der Waals surface area contributed by atoms with E-state index < -0.39 is 0 Å². The zero-order valence-corrected chi connectivity index (χ0v) is 11.9. The molecule has 0 aliphatic carbocycles. The molecule has 0 heterocycles. The van der Waals surface area contributed by atoms with Gasteiger partial charge in [-0.15, -0.1) is 0 Å². The minimum Gasteiger partial charge on any atom is -0.497 e. The summed E-state index contributed by atoms with van der Waals surface area (Å²) in [5.41, 5.74) is 1.23. The van der Waals surface area contributed by atoms with Crippen molar-refractivity contribution in [1.29, 1.82) is 0 Å². The van der Waals surface area contributed by atoms with Crippen LogP contribution in [0.5, 0.6) is 5.75 Å². The lowest BCUT2D eigenvalue weighted by atomic mass is 10.1. The van der Waals surface area contributed by atoms with Crippen molar-refractivity contribution in [3.8, 4) is 5.75 Å². The van der Waals surface area contributed by atoms with Crippen LogP contribution in [0.3, 0.4) is 0 Å². The number of ether oxygens (including phenoxy) is 2. The van der Waals surface area contributed by atoms with Gasteiger partial charge in [-0.2, -0.15) is 0 Å². The molecule has 0 saturated heterocycles. The monoisotopic (exact) mass is 251 g/mol. The van der Waals surface area contributed by atoms with Gasteiger partial charge in [-0.05, 0) is 30.5 Å². The van der Waals surface area contributed by atoms with Gasteiger partial charge in [0, 0.05) is 19.2 Å². The summed E-state index contributed by atoms with van der Waals surface area (Å²) < 4.78 is 10.8. The first-order valence-electron chi connectivity index (χ1n) is 6.58. The summed E-state index contributed by atoms with van der Waals surface area (Å²) in [4.78, 5) is 0. The van der Waals surface area contributed by atoms with E-state index in [0.29, 0.717) is 12.0 Å². The first-order chi connectivity index (χ1) is 8.63. The van der Waals surface area contributed by atoms with Crippen molar-refractivity contribution in [2.24, 2.45) is 5.92 Å². The summed E-state index contributed by atoms with van der Waals surface area (Å²) in [6.45, 7) is 8.92. The van der Waals surface area contributed by atoms with E-state index in [9.17, 15) is 0 Å². The van der Waals surface area contributed by atoms with Gasteiger partial charge in [0.15, 0.2) is 0 Å². The summed E-state index contributed by atoms with van der Waals surface area (Å²) in [7, 11) is 1.69. The second-order valence-corrected chi connectivity index (χ2v) is 4.92. The molecule has 0 aromatic heterocycles. The highest BCUT2D eigenvalue weighted by Gasteiger charge is 2.05. The van der Waals surface area contributed by atoms with E-state index in [0.717, 1.165) is 25.5 Å². The second-order valence-electron chi connectivity index (χ2n) is 4.92. The summed E-state index contributed by atoms with van der Waals surface area (Å²) in [6, 6.07) is 8.45. The van der Waals surface area contributed by atoms with Crippen LogP contribution in [0, 0.1) is 5.92 Å². The van der Waals surface area contributed by atoms with E-state index >= 15 is 0 Å². The van der Waals surface area contributed by atoms with Gasteiger partial charge in [-0.1, -0.05) is 26.0 Å². The van der Waals surface area contributed by atoms with Gasteiger partial charge in [-0.3, -0.25) is 0 Å². The summed E-state index contributed by atoms with van der Waals surface area (Å²) in [5, 5.41) is 3.44. The Kier molecular flexibility index (Phi) is 6.76. The molecule has 3 heteroatoms. The van der Waals surface area contributed by atoms with Crippen molar-refractivity contribution in [2.75, 3.05) is 26.9 Å². The Labute approximate surface area is 110 Å². The lowest BCUT2D eigenvalue weighted by Gasteiger charge is -2.15. The van der Waals surface area contributed by atoms with E-state index in [1.165, 1.54) is 5.56 Å². The molecule has 1 aromatic carbocycles. The van der Waals surface area contributed by atoms with E-state index in [1.807, 2.05) is 12.1 Å². The molecular formula is C15H25NO2. The van der Waals surface area contributed by atoms with Crippen LogP contribution in [-0.2, 0) is 4.74 Å². The zero-order chi connectivity index (χ0) is 13.4. The van der Waals surface area contributed by atoms with E-state index in [1.54, 1.807) is 7.11 Å². The number of hydrogen-bond donors (Lipinski definition) is 1. The fourth-order valence-corrected chi connectivity index (χ4v) is 1.70. The van der Waals surface area contributed by atoms with Gasteiger partial charge in [-0.25, -0.2) is 0 Å². The summed E-state index contributed by atoms with van der Waals surface area (Å²) in [6.07, 6.45) is 0. The smallest absolute Gasteiger partial charge is 0.119 e. The molecule has 0 amide bonds. The molecule has 1 N–H and O–H groups in total. The molecule has 1 atom stereocenters. The van der Waals surface area contributed by atoms with Crippen molar-refractivity contribution >= 4 is 0 Å². The third kappa shape index (κ3) is 5.52. The molecule has 3 nitrogen and oxygen atoms in total. The highest BCUT2D eigenvalue weighted by atomic mass is 16.5. The van der Waals surface area contributed by atoms with Gasteiger partial charge in [0.05, 0.1) is 13.7 Å². The summed E-state index contributed by atoms with van der Waals surface area (Å²) in [5.74, 6) is 1.50. The van der Waals surface area contributed by atoms with Crippen LogP contribution in [0.4, 0.5) is 0 Å². The van der Waals surface area contributed by atoms with Crippen molar-refractivity contribution in [2.45, 2.75) is 26.8 Å². The van der Waals surface area contributed by atoms with Gasteiger partial charge in [0.2, 0.25) is 0 Å². The number of rotatable bonds is 8. The molecule has 0 bridgehead atoms. The molecule has 0 fully saturated rings. The first kappa shape index (κ1) is 15.0. The Bertz CT molecular complexity index is 339. The van der Waals surface area contributed by atoms with Gasteiger partial charge in [0.1, 0.15) is 5.75 Å². The largest absolute Gasteiger partial charge is 0.497 e. The molecule has 102 valence electrons. The first-order valence-corrected chi connectivity index (χ1v) is 6.58. The Morgan fingerprint density at radius 2 is 2.00 bits per heavy atom. The lowest BCUT2D eigenvalue weighted by Crippen LogP contribution is -2.23. The maximum atomic E-state index is 5.54. The number of hydrogen-bond acceptors (Lipinski definition) is 3. The maximum absolute atomic E-state index is 5.54. The Balaban J connectivity index is 2.29. The summed E-state index contributed by atoms with van der Waals surface area (Å²) >= 11 is 0. The fraction of sp³-hybridized carbons (Fsp3) is 0.600. The Morgan fingerprint density at radius 3 is 2.67 bits per heavy atom. The molecule has 18 heavy (non-hydrogen) atoms.